The van der Waals surface area contributed by atoms with Crippen molar-refractivity contribution in [2.24, 2.45) is 5.73 Å². The monoisotopic (exact) mass is 286 g/mol. The highest BCUT2D eigenvalue weighted by atomic mass is 32.2. The molecule has 0 bridgehead atoms. The maximum absolute atomic E-state index is 9.98. The van der Waals surface area contributed by atoms with Crippen LogP contribution in [0.1, 0.15) is 0 Å². The summed E-state index contributed by atoms with van der Waals surface area (Å²) in [6.45, 7) is 0. The molecule has 0 saturated heterocycles. The van der Waals surface area contributed by atoms with Gasteiger partial charge in [0.05, 0.1) is 17.8 Å². The van der Waals surface area contributed by atoms with Crippen molar-refractivity contribution < 1.29 is 47.2 Å². The molecular weight excluding hydrogens is 264 g/mol. The van der Waals surface area contributed by atoms with Crippen LogP contribution in [-0.2, 0) is 9.59 Å². The van der Waals surface area contributed by atoms with Crippen molar-refractivity contribution in [3.05, 3.63) is 0 Å². The Morgan fingerprint density at radius 3 is 1.76 bits per heavy atom. The summed E-state index contributed by atoms with van der Waals surface area (Å²) >= 11 is 0.952. The summed E-state index contributed by atoms with van der Waals surface area (Å²) in [6, 6.07) is -1.08. The lowest BCUT2D eigenvalue weighted by atomic mass is 10.4. The number of carbonyl (C=O) groups excluding carboxylic acids is 1. The molecule has 0 aromatic heterocycles. The van der Waals surface area contributed by atoms with E-state index in [9.17, 15) is 14.7 Å². The molecule has 17 heavy (non-hydrogen) atoms. The maximum atomic E-state index is 9.98. The number of carbonyl (C=O) groups is 2. The number of nitrogens with two attached hydrogens (primary N) is 1. The third-order valence-corrected chi connectivity index (χ3v) is 1.87. The van der Waals surface area contributed by atoms with Crippen molar-refractivity contribution in [2.75, 3.05) is 11.5 Å². The third kappa shape index (κ3) is 31.3. The van der Waals surface area contributed by atoms with Crippen LogP contribution in [-0.4, -0.2) is 62.0 Å². The Bertz CT molecular complexity index is 169. The number of aliphatic carboxylic acids is 2. The predicted octanol–water partition coefficient (Wildman–Crippen LogP) is -5.87. The Morgan fingerprint density at radius 2 is 1.53 bits per heavy atom. The van der Waals surface area contributed by atoms with Crippen LogP contribution >= 0.6 is 11.8 Å². The zero-order chi connectivity index (χ0) is 8.85. The van der Waals surface area contributed by atoms with Crippen molar-refractivity contribution in [3.63, 3.8) is 0 Å². The highest BCUT2D eigenvalue weighted by Gasteiger charge is 2.04. The van der Waals surface area contributed by atoms with Crippen molar-refractivity contribution in [2.45, 2.75) is 6.04 Å². The molecule has 0 amide bonds. The predicted molar refractivity (Wildman–Crippen MR) is 62.0 cm³/mol. The van der Waals surface area contributed by atoms with E-state index in [1.807, 2.05) is 0 Å². The number of carboxylic acids is 2. The Hall–Kier alpha value is -0.990. The standard InChI is InChI=1S/C5H9NO4S.H3N.5H2O/c6-3(5(9)10)1-11-2-4(7)8;;;;;;/h3H,1-2,6H2,(H,7,8)(H,9,10);1H3;5*1H2/t3-;;;;;;/m1....../s1. The number of rotatable bonds is 5. The summed E-state index contributed by atoms with van der Waals surface area (Å²) in [6.07, 6.45) is 0. The molecule has 0 spiro atoms. The van der Waals surface area contributed by atoms with Crippen molar-refractivity contribution in [1.29, 1.82) is 0 Å². The Kier molecular flexibility index (Phi) is 63.5. The van der Waals surface area contributed by atoms with Crippen molar-refractivity contribution >= 4 is 23.7 Å². The summed E-state index contributed by atoms with van der Waals surface area (Å²) in [4.78, 5) is 19.9. The minimum atomic E-state index is -1.36. The lowest BCUT2D eigenvalue weighted by Crippen LogP contribution is -2.43. The first-order valence-corrected chi connectivity index (χ1v) is 3.95. The fourth-order valence-corrected chi connectivity index (χ4v) is 1.02. The molecule has 0 unspecified atom stereocenters. The van der Waals surface area contributed by atoms with E-state index in [1.54, 1.807) is 0 Å². The highest BCUT2D eigenvalue weighted by Crippen LogP contribution is 2.00. The van der Waals surface area contributed by atoms with E-state index < -0.39 is 18.0 Å². The quantitative estimate of drug-likeness (QED) is 0.441. The summed E-state index contributed by atoms with van der Waals surface area (Å²) in [5.41, 5.74) is 5.03. The van der Waals surface area contributed by atoms with Crippen LogP contribution in [0.25, 0.3) is 0 Å². The minimum Gasteiger partial charge on any atom is -0.548 e. The van der Waals surface area contributed by atoms with Gasteiger partial charge in [-0.15, -0.1) is 11.8 Å². The van der Waals surface area contributed by atoms with Gasteiger partial charge in [0.1, 0.15) is 0 Å². The number of hydrogen-bond donors (Lipinski definition) is 3. The molecule has 0 aliphatic carbocycles. The van der Waals surface area contributed by atoms with Gasteiger partial charge in [-0.2, -0.15) is 0 Å². The van der Waals surface area contributed by atoms with Gasteiger partial charge in [-0.1, -0.05) is 0 Å². The van der Waals surface area contributed by atoms with E-state index in [0.717, 1.165) is 11.8 Å². The average Bonchev–Trinajstić information content (AvgIpc) is 1.86. The Labute approximate surface area is 101 Å². The van der Waals surface area contributed by atoms with Crippen LogP contribution < -0.4 is 17.0 Å². The number of quaternary nitrogens is 1. The molecule has 0 saturated carbocycles. The zero-order valence-electron chi connectivity index (χ0n) is 9.15. The summed E-state index contributed by atoms with van der Waals surface area (Å²) in [5, 5.41) is 18.1. The molecule has 12 heteroatoms. The summed E-state index contributed by atoms with van der Waals surface area (Å²) in [7, 11) is 0. The number of carboxylic acid groups (broad SMARTS) is 2. The van der Waals surface area contributed by atoms with Crippen LogP contribution in [0.2, 0.25) is 0 Å². The second-order valence-electron chi connectivity index (χ2n) is 1.83. The van der Waals surface area contributed by atoms with E-state index in [0.29, 0.717) is 0 Å². The van der Waals surface area contributed by atoms with Crippen LogP contribution in [0.5, 0.6) is 0 Å². The van der Waals surface area contributed by atoms with Gasteiger partial charge in [-0.05, 0) is 0 Å². The normalized spacial score (nSPS) is 8.06. The lowest BCUT2D eigenvalue weighted by Gasteiger charge is -2.10. The van der Waals surface area contributed by atoms with Crippen LogP contribution in [0, 0.1) is 0 Å². The van der Waals surface area contributed by atoms with E-state index in [1.165, 1.54) is 0 Å². The molecule has 0 radical (unpaired) electrons. The molecular formula is C5H22N2O9S. The van der Waals surface area contributed by atoms with Crippen LogP contribution in [0.15, 0.2) is 0 Å². The Morgan fingerprint density at radius 1 is 1.18 bits per heavy atom. The maximum Gasteiger partial charge on any atom is 0.313 e. The van der Waals surface area contributed by atoms with E-state index in [4.69, 9.17) is 10.8 Å². The van der Waals surface area contributed by atoms with E-state index in [-0.39, 0.29) is 45.0 Å². The highest BCUT2D eigenvalue weighted by molar-refractivity contribution is 8.00. The largest absolute Gasteiger partial charge is 0.548 e. The summed E-state index contributed by atoms with van der Waals surface area (Å²) in [5.74, 6) is -2.42. The van der Waals surface area contributed by atoms with Crippen LogP contribution in [0.3, 0.4) is 0 Å². The second-order valence-corrected chi connectivity index (χ2v) is 2.86. The minimum absolute atomic E-state index is 0. The van der Waals surface area contributed by atoms with E-state index >= 15 is 0 Å². The van der Waals surface area contributed by atoms with Gasteiger partial charge in [-0.3, -0.25) is 4.79 Å². The fourth-order valence-electron chi connectivity index (χ4n) is 0.341. The molecule has 0 aliphatic heterocycles. The molecule has 0 aliphatic rings. The zero-order valence-corrected chi connectivity index (χ0v) is 9.97. The number of thioether (sulfide) groups is 1. The molecule has 0 rings (SSSR count). The molecule has 11 nitrogen and oxygen atoms in total. The first-order valence-electron chi connectivity index (χ1n) is 2.80. The van der Waals surface area contributed by atoms with Gasteiger partial charge in [-0.25, -0.2) is 0 Å². The molecule has 1 atom stereocenters. The first kappa shape index (κ1) is 44.4. The SMILES string of the molecule is N[C@H](CSCC(=O)O)C(=O)[O-].O.O.O.O.O.[NH4+]. The van der Waals surface area contributed by atoms with Gasteiger partial charge < -0.3 is 54.3 Å². The fraction of sp³-hybridized carbons (Fsp3) is 0.600. The molecule has 0 fully saturated rings. The van der Waals surface area contributed by atoms with Gasteiger partial charge in [0.2, 0.25) is 0 Å². The lowest BCUT2D eigenvalue weighted by molar-refractivity contribution is -0.306. The van der Waals surface area contributed by atoms with E-state index in [2.05, 4.69) is 0 Å². The Balaban J connectivity index is -0.0000000333. The van der Waals surface area contributed by atoms with Gasteiger partial charge >= 0.3 is 5.97 Å². The molecule has 17 N–H and O–H groups in total. The van der Waals surface area contributed by atoms with Crippen LogP contribution in [0.4, 0.5) is 0 Å². The second kappa shape index (κ2) is 24.3. The first-order chi connectivity index (χ1) is 5.04. The average molecular weight is 286 g/mol. The third-order valence-electron chi connectivity index (χ3n) is 0.826. The topological polar surface area (TPSA) is 297 Å². The van der Waals surface area contributed by atoms with Gasteiger partial charge in [0, 0.05) is 5.75 Å². The number of hydrogen-bond acceptors (Lipinski definition) is 5. The molecule has 0 heterocycles. The smallest absolute Gasteiger partial charge is 0.313 e. The molecule has 0 aromatic carbocycles. The van der Waals surface area contributed by atoms with Crippen molar-refractivity contribution in [1.82, 2.24) is 6.15 Å². The molecule has 112 valence electrons. The summed E-state index contributed by atoms with van der Waals surface area (Å²) < 4.78 is 0. The van der Waals surface area contributed by atoms with Gasteiger partial charge in [0.25, 0.3) is 0 Å². The van der Waals surface area contributed by atoms with Crippen molar-refractivity contribution in [3.8, 4) is 0 Å². The molecule has 0 aromatic rings. The van der Waals surface area contributed by atoms with Gasteiger partial charge in [0.15, 0.2) is 0 Å².